The van der Waals surface area contributed by atoms with Crippen LogP contribution < -0.4 is 5.32 Å². The summed E-state index contributed by atoms with van der Waals surface area (Å²) in [4.78, 5) is 0. The van der Waals surface area contributed by atoms with Gasteiger partial charge in [-0.05, 0) is 37.6 Å². The van der Waals surface area contributed by atoms with Crippen LogP contribution in [0.2, 0.25) is 0 Å². The summed E-state index contributed by atoms with van der Waals surface area (Å²) in [5.74, 6) is 0. The second-order valence-corrected chi connectivity index (χ2v) is 3.02. The fraction of sp³-hybridized carbons (Fsp3) is 0.455. The molecule has 1 aromatic carbocycles. The molecule has 0 bridgehead atoms. The SMILES string of the molecule is CCc1ccc(CCNC)cc1. The van der Waals surface area contributed by atoms with Crippen molar-refractivity contribution in [1.29, 1.82) is 0 Å². The number of nitrogens with one attached hydrogen (secondary N) is 1. The highest BCUT2D eigenvalue weighted by molar-refractivity contribution is 5.22. The Kier molecular flexibility index (Phi) is 3.81. The minimum absolute atomic E-state index is 1.06. The van der Waals surface area contributed by atoms with Crippen molar-refractivity contribution in [3.8, 4) is 0 Å². The van der Waals surface area contributed by atoms with Crippen molar-refractivity contribution in [2.24, 2.45) is 0 Å². The number of hydrogen-bond donors (Lipinski definition) is 1. The lowest BCUT2D eigenvalue weighted by Crippen LogP contribution is -2.10. The van der Waals surface area contributed by atoms with Crippen molar-refractivity contribution >= 4 is 0 Å². The minimum atomic E-state index is 1.06. The van der Waals surface area contributed by atoms with E-state index in [1.165, 1.54) is 11.1 Å². The maximum atomic E-state index is 3.14. The number of aryl methyl sites for hydroxylation is 1. The van der Waals surface area contributed by atoms with Crippen molar-refractivity contribution in [3.05, 3.63) is 35.4 Å². The molecule has 1 N–H and O–H groups in total. The summed E-state index contributed by atoms with van der Waals surface area (Å²) in [6.45, 7) is 3.24. The van der Waals surface area contributed by atoms with Crippen molar-refractivity contribution in [3.63, 3.8) is 0 Å². The molecule has 0 aliphatic heterocycles. The normalized spacial score (nSPS) is 10.2. The summed E-state index contributed by atoms with van der Waals surface area (Å²) in [6, 6.07) is 8.86. The average molecular weight is 163 g/mol. The molecule has 66 valence electrons. The Labute approximate surface area is 74.8 Å². The van der Waals surface area contributed by atoms with Crippen LogP contribution in [-0.4, -0.2) is 13.6 Å². The van der Waals surface area contributed by atoms with Gasteiger partial charge in [-0.25, -0.2) is 0 Å². The molecule has 0 unspecified atom stereocenters. The predicted molar refractivity (Wildman–Crippen MR) is 53.5 cm³/mol. The van der Waals surface area contributed by atoms with E-state index in [1.807, 2.05) is 7.05 Å². The van der Waals surface area contributed by atoms with E-state index in [9.17, 15) is 0 Å². The van der Waals surface area contributed by atoms with Gasteiger partial charge in [0.15, 0.2) is 0 Å². The van der Waals surface area contributed by atoms with E-state index < -0.39 is 0 Å². The van der Waals surface area contributed by atoms with Gasteiger partial charge >= 0.3 is 0 Å². The molecule has 0 aliphatic carbocycles. The van der Waals surface area contributed by atoms with Crippen LogP contribution in [0.3, 0.4) is 0 Å². The molecule has 1 nitrogen and oxygen atoms in total. The standard InChI is InChI=1S/C11H17N/c1-3-10-4-6-11(7-5-10)8-9-12-2/h4-7,12H,3,8-9H2,1-2H3. The molecule has 0 saturated carbocycles. The zero-order valence-electron chi connectivity index (χ0n) is 7.93. The molecule has 0 spiro atoms. The lowest BCUT2D eigenvalue weighted by molar-refractivity contribution is 0.791. The van der Waals surface area contributed by atoms with E-state index in [-0.39, 0.29) is 0 Å². The highest BCUT2D eigenvalue weighted by Gasteiger charge is 1.91. The Morgan fingerprint density at radius 3 is 2.17 bits per heavy atom. The van der Waals surface area contributed by atoms with Gasteiger partial charge < -0.3 is 5.32 Å². The van der Waals surface area contributed by atoms with E-state index in [2.05, 4.69) is 36.5 Å². The van der Waals surface area contributed by atoms with Crippen LogP contribution in [0.1, 0.15) is 18.1 Å². The third kappa shape index (κ3) is 2.67. The van der Waals surface area contributed by atoms with Crippen LogP contribution in [0.4, 0.5) is 0 Å². The molecule has 0 aliphatic rings. The molecule has 1 heteroatoms. The van der Waals surface area contributed by atoms with Gasteiger partial charge in [0.2, 0.25) is 0 Å². The third-order valence-electron chi connectivity index (χ3n) is 2.09. The Balaban J connectivity index is 2.53. The molecule has 1 rings (SSSR count). The average Bonchev–Trinajstić information content (AvgIpc) is 2.15. The molecule has 0 fully saturated rings. The van der Waals surface area contributed by atoms with Crippen molar-refractivity contribution in [2.75, 3.05) is 13.6 Å². The lowest BCUT2D eigenvalue weighted by atomic mass is 10.1. The zero-order valence-corrected chi connectivity index (χ0v) is 7.93. The summed E-state index contributed by atoms with van der Waals surface area (Å²) in [5.41, 5.74) is 2.84. The van der Waals surface area contributed by atoms with Crippen molar-refractivity contribution in [2.45, 2.75) is 19.8 Å². The van der Waals surface area contributed by atoms with Gasteiger partial charge in [-0.1, -0.05) is 31.2 Å². The molecule has 0 amide bonds. The first kappa shape index (κ1) is 9.27. The van der Waals surface area contributed by atoms with Gasteiger partial charge in [-0.2, -0.15) is 0 Å². The Hall–Kier alpha value is -0.820. The number of likely N-dealkylation sites (N-methyl/N-ethyl adjacent to an activating group) is 1. The van der Waals surface area contributed by atoms with Crippen molar-refractivity contribution in [1.82, 2.24) is 5.32 Å². The molecule has 12 heavy (non-hydrogen) atoms. The molecule has 0 radical (unpaired) electrons. The van der Waals surface area contributed by atoms with E-state index >= 15 is 0 Å². The van der Waals surface area contributed by atoms with Crippen molar-refractivity contribution < 1.29 is 0 Å². The Morgan fingerprint density at radius 1 is 1.08 bits per heavy atom. The van der Waals surface area contributed by atoms with Gasteiger partial charge in [-0.3, -0.25) is 0 Å². The van der Waals surface area contributed by atoms with E-state index in [4.69, 9.17) is 0 Å². The van der Waals surface area contributed by atoms with Gasteiger partial charge in [0.05, 0.1) is 0 Å². The van der Waals surface area contributed by atoms with Gasteiger partial charge in [0.1, 0.15) is 0 Å². The maximum absolute atomic E-state index is 3.14. The second kappa shape index (κ2) is 4.94. The number of rotatable bonds is 4. The van der Waals surface area contributed by atoms with Crippen LogP contribution in [-0.2, 0) is 12.8 Å². The fourth-order valence-electron chi connectivity index (χ4n) is 1.21. The highest BCUT2D eigenvalue weighted by atomic mass is 14.8. The van der Waals surface area contributed by atoms with Gasteiger partial charge in [0.25, 0.3) is 0 Å². The molecular weight excluding hydrogens is 146 g/mol. The molecule has 0 heterocycles. The summed E-state index contributed by atoms with van der Waals surface area (Å²) in [5, 5.41) is 3.14. The molecule has 1 aromatic rings. The monoisotopic (exact) mass is 163 g/mol. The van der Waals surface area contributed by atoms with Gasteiger partial charge in [0, 0.05) is 0 Å². The maximum Gasteiger partial charge on any atom is -0.00114 e. The zero-order chi connectivity index (χ0) is 8.81. The first-order chi connectivity index (χ1) is 5.86. The first-order valence-corrected chi connectivity index (χ1v) is 4.59. The summed E-state index contributed by atoms with van der Waals surface area (Å²) in [6.07, 6.45) is 2.26. The van der Waals surface area contributed by atoms with E-state index in [0.717, 1.165) is 19.4 Å². The highest BCUT2D eigenvalue weighted by Crippen LogP contribution is 2.04. The minimum Gasteiger partial charge on any atom is -0.319 e. The molecule has 0 aromatic heterocycles. The van der Waals surface area contributed by atoms with E-state index in [1.54, 1.807) is 0 Å². The molecule has 0 atom stereocenters. The Morgan fingerprint density at radius 2 is 1.67 bits per heavy atom. The fourth-order valence-corrected chi connectivity index (χ4v) is 1.21. The summed E-state index contributed by atoms with van der Waals surface area (Å²) >= 11 is 0. The van der Waals surface area contributed by atoms with Crippen LogP contribution in [0, 0.1) is 0 Å². The van der Waals surface area contributed by atoms with Crippen LogP contribution in [0.15, 0.2) is 24.3 Å². The summed E-state index contributed by atoms with van der Waals surface area (Å²) < 4.78 is 0. The number of hydrogen-bond acceptors (Lipinski definition) is 1. The lowest BCUT2D eigenvalue weighted by Gasteiger charge is -2.01. The van der Waals surface area contributed by atoms with Gasteiger partial charge in [-0.15, -0.1) is 0 Å². The Bertz CT molecular complexity index is 213. The predicted octanol–water partition coefficient (Wildman–Crippen LogP) is 2.01. The molecular formula is C11H17N. The van der Waals surface area contributed by atoms with E-state index in [0.29, 0.717) is 0 Å². The smallest absolute Gasteiger partial charge is 0.00114 e. The molecule has 0 saturated heterocycles. The summed E-state index contributed by atoms with van der Waals surface area (Å²) in [7, 11) is 1.99. The first-order valence-electron chi connectivity index (χ1n) is 4.59. The van der Waals surface area contributed by atoms with Crippen LogP contribution in [0.25, 0.3) is 0 Å². The van der Waals surface area contributed by atoms with Crippen LogP contribution >= 0.6 is 0 Å². The third-order valence-corrected chi connectivity index (χ3v) is 2.09. The quantitative estimate of drug-likeness (QED) is 0.716. The second-order valence-electron chi connectivity index (χ2n) is 3.02. The topological polar surface area (TPSA) is 12.0 Å². The number of benzene rings is 1. The largest absolute Gasteiger partial charge is 0.319 e. The van der Waals surface area contributed by atoms with Crippen LogP contribution in [0.5, 0.6) is 0 Å².